The Bertz CT molecular complexity index is 2060. The molecule has 4 heterocycles. The second-order valence-corrected chi connectivity index (χ2v) is 13.3. The van der Waals surface area contributed by atoms with Crippen LogP contribution in [0, 0.1) is 0 Å². The molecular formula is C37H38F3N7O5. The van der Waals surface area contributed by atoms with E-state index in [9.17, 15) is 22.8 Å². The topological polar surface area (TPSA) is 133 Å². The summed E-state index contributed by atoms with van der Waals surface area (Å²) in [6, 6.07) is 17.0. The van der Waals surface area contributed by atoms with Crippen molar-refractivity contribution in [2.75, 3.05) is 30.8 Å². The van der Waals surface area contributed by atoms with Crippen molar-refractivity contribution in [2.24, 2.45) is 0 Å². The Kier molecular flexibility index (Phi) is 10.2. The molecule has 12 nitrogen and oxygen atoms in total. The second kappa shape index (κ2) is 14.8. The number of benzene rings is 2. The van der Waals surface area contributed by atoms with Crippen LogP contribution < -0.4 is 20.1 Å². The zero-order valence-electron chi connectivity index (χ0n) is 29.0. The minimum Gasteiger partial charge on any atom is -0.497 e. The van der Waals surface area contributed by atoms with Crippen molar-refractivity contribution in [3.63, 3.8) is 0 Å². The smallest absolute Gasteiger partial charge is 0.416 e. The molecule has 272 valence electrons. The van der Waals surface area contributed by atoms with E-state index in [2.05, 4.69) is 20.6 Å². The van der Waals surface area contributed by atoms with Crippen molar-refractivity contribution in [2.45, 2.75) is 58.0 Å². The molecule has 0 saturated carbocycles. The molecule has 1 atom stereocenters. The molecule has 1 saturated heterocycles. The summed E-state index contributed by atoms with van der Waals surface area (Å²) in [4.78, 5) is 36.2. The van der Waals surface area contributed by atoms with Crippen molar-refractivity contribution < 1.29 is 37.0 Å². The molecule has 0 radical (unpaired) electrons. The number of carbonyl (C=O) groups excluding carboxylic acids is 2. The minimum atomic E-state index is -4.59. The average molecular weight is 718 g/mol. The Morgan fingerprint density at radius 2 is 1.73 bits per heavy atom. The lowest BCUT2D eigenvalue weighted by molar-refractivity contribution is -0.137. The first-order valence-corrected chi connectivity index (χ1v) is 16.6. The number of methoxy groups -OCH3 is 1. The molecule has 2 N–H and O–H groups in total. The number of likely N-dealkylation sites (tertiary alicyclic amines) is 1. The van der Waals surface area contributed by atoms with E-state index in [4.69, 9.17) is 19.3 Å². The van der Waals surface area contributed by atoms with Gasteiger partial charge < -0.3 is 29.7 Å². The lowest BCUT2D eigenvalue weighted by atomic mass is 10.1. The highest BCUT2D eigenvalue weighted by atomic mass is 19.4. The number of carbonyl (C=O) groups is 2. The van der Waals surface area contributed by atoms with Crippen LogP contribution in [-0.4, -0.2) is 68.5 Å². The zero-order chi connectivity index (χ0) is 37.0. The van der Waals surface area contributed by atoms with Gasteiger partial charge in [-0.1, -0.05) is 18.2 Å². The maximum Gasteiger partial charge on any atom is 0.416 e. The SMILES string of the molecule is COc1ccc(Cn2nc(N[C@@H]3CCCN(C(=O)OC(C)(C)C)C3)c3c(Oc4cccc(C(=O)Nc5cc(C(F)(F)F)ccn5)c4)ccnc32)cc1. The third-order valence-electron chi connectivity index (χ3n) is 8.15. The second-order valence-electron chi connectivity index (χ2n) is 13.3. The Morgan fingerprint density at radius 3 is 2.46 bits per heavy atom. The number of piperidine rings is 1. The molecule has 1 aliphatic rings. The normalized spacial score (nSPS) is 14.9. The number of hydrogen-bond donors (Lipinski definition) is 2. The number of hydrogen-bond acceptors (Lipinski definition) is 9. The number of amides is 2. The highest BCUT2D eigenvalue weighted by Crippen LogP contribution is 2.36. The number of ether oxygens (including phenoxy) is 3. The molecule has 1 fully saturated rings. The van der Waals surface area contributed by atoms with Crippen molar-refractivity contribution in [3.8, 4) is 17.2 Å². The summed E-state index contributed by atoms with van der Waals surface area (Å²) in [5.41, 5.74) is 0.0610. The van der Waals surface area contributed by atoms with Gasteiger partial charge in [-0.05, 0) is 81.6 Å². The first kappa shape index (κ1) is 35.9. The molecule has 0 unspecified atom stereocenters. The van der Waals surface area contributed by atoms with Crippen LogP contribution in [0.25, 0.3) is 11.0 Å². The lowest BCUT2D eigenvalue weighted by Crippen LogP contribution is -2.47. The fourth-order valence-electron chi connectivity index (χ4n) is 5.74. The Balaban J connectivity index is 1.29. The predicted octanol–water partition coefficient (Wildman–Crippen LogP) is 7.76. The van der Waals surface area contributed by atoms with Gasteiger partial charge in [-0.3, -0.25) is 4.79 Å². The molecule has 0 bridgehead atoms. The maximum atomic E-state index is 13.2. The third-order valence-corrected chi connectivity index (χ3v) is 8.15. The van der Waals surface area contributed by atoms with Crippen LogP contribution in [0.3, 0.4) is 0 Å². The van der Waals surface area contributed by atoms with E-state index < -0.39 is 23.2 Å². The molecular weight excluding hydrogens is 679 g/mol. The lowest BCUT2D eigenvalue weighted by Gasteiger charge is -2.34. The molecule has 1 aliphatic heterocycles. The molecule has 0 aliphatic carbocycles. The van der Waals surface area contributed by atoms with Crippen molar-refractivity contribution in [1.29, 1.82) is 0 Å². The number of aromatic nitrogens is 4. The van der Waals surface area contributed by atoms with Crippen LogP contribution in [0.1, 0.15) is 55.1 Å². The highest BCUT2D eigenvalue weighted by molar-refractivity contribution is 6.04. The van der Waals surface area contributed by atoms with Gasteiger partial charge in [0, 0.05) is 43.2 Å². The van der Waals surface area contributed by atoms with Gasteiger partial charge in [0.15, 0.2) is 11.5 Å². The fourth-order valence-corrected chi connectivity index (χ4v) is 5.74. The first-order chi connectivity index (χ1) is 24.8. The quantitative estimate of drug-likeness (QED) is 0.157. The van der Waals surface area contributed by atoms with Crippen molar-refractivity contribution in [3.05, 3.63) is 95.8 Å². The number of halogens is 3. The van der Waals surface area contributed by atoms with Crippen molar-refractivity contribution in [1.82, 2.24) is 24.6 Å². The number of nitrogens with zero attached hydrogens (tertiary/aromatic N) is 5. The summed E-state index contributed by atoms with van der Waals surface area (Å²) >= 11 is 0. The fraction of sp³-hybridized carbons (Fsp3) is 0.324. The van der Waals surface area contributed by atoms with Gasteiger partial charge in [0.1, 0.15) is 34.1 Å². The number of pyridine rings is 2. The van der Waals surface area contributed by atoms with Gasteiger partial charge in [-0.25, -0.2) is 19.4 Å². The van der Waals surface area contributed by atoms with E-state index in [1.165, 1.54) is 12.1 Å². The molecule has 15 heteroatoms. The molecule has 5 aromatic rings. The first-order valence-electron chi connectivity index (χ1n) is 16.6. The van der Waals surface area contributed by atoms with E-state index in [0.29, 0.717) is 48.0 Å². The molecule has 52 heavy (non-hydrogen) atoms. The third kappa shape index (κ3) is 8.71. The number of nitrogens with one attached hydrogen (secondary N) is 2. The van der Waals surface area contributed by atoms with Crippen LogP contribution in [0.15, 0.2) is 79.1 Å². The van der Waals surface area contributed by atoms with Crippen LogP contribution in [-0.2, 0) is 17.5 Å². The Morgan fingerprint density at radius 1 is 0.962 bits per heavy atom. The maximum absolute atomic E-state index is 13.2. The minimum absolute atomic E-state index is 0.139. The van der Waals surface area contributed by atoms with Gasteiger partial charge in [-0.15, -0.1) is 0 Å². The summed E-state index contributed by atoms with van der Waals surface area (Å²) in [6.45, 7) is 6.84. The van der Waals surface area contributed by atoms with Gasteiger partial charge in [0.25, 0.3) is 5.91 Å². The zero-order valence-corrected chi connectivity index (χ0v) is 29.0. The van der Waals surface area contributed by atoms with Gasteiger partial charge in [0.2, 0.25) is 0 Å². The summed E-state index contributed by atoms with van der Waals surface area (Å²) in [5, 5.41) is 11.4. The summed E-state index contributed by atoms with van der Waals surface area (Å²) in [7, 11) is 1.60. The van der Waals surface area contributed by atoms with E-state index >= 15 is 0 Å². The average Bonchev–Trinajstić information content (AvgIpc) is 3.45. The van der Waals surface area contributed by atoms with Gasteiger partial charge in [-0.2, -0.15) is 18.3 Å². The summed E-state index contributed by atoms with van der Waals surface area (Å²) < 4.78 is 58.6. The van der Waals surface area contributed by atoms with E-state index in [1.54, 1.807) is 41.1 Å². The number of fused-ring (bicyclic) bond motifs is 1. The predicted molar refractivity (Wildman–Crippen MR) is 188 cm³/mol. The number of anilines is 2. The van der Waals surface area contributed by atoms with Crippen LogP contribution in [0.2, 0.25) is 0 Å². The molecule has 2 amide bonds. The van der Waals surface area contributed by atoms with Crippen LogP contribution >= 0.6 is 0 Å². The Labute approximate surface area is 297 Å². The number of alkyl halides is 3. The number of rotatable bonds is 9. The molecule has 2 aromatic carbocycles. The van der Waals surface area contributed by atoms with E-state index in [-0.39, 0.29) is 23.5 Å². The standard InChI is InChI=1S/C37H38F3N7O5/c1-36(2,3)52-35(49)46-18-6-8-26(22-46)43-32-31-29(15-17-42-33(31)47(45-32)21-23-10-12-27(50-4)13-11-23)51-28-9-5-7-24(19-28)34(48)44-30-20-25(14-16-41-30)37(38,39)40/h5,7,9-17,19-20,26H,6,8,18,21-22H2,1-4H3,(H,43,45)(H,41,44,48)/t26-/m1/s1. The van der Waals surface area contributed by atoms with Crippen LogP contribution in [0.5, 0.6) is 17.2 Å². The Hall–Kier alpha value is -5.86. The largest absolute Gasteiger partial charge is 0.497 e. The van der Waals surface area contributed by atoms with E-state index in [0.717, 1.165) is 42.5 Å². The molecule has 0 spiro atoms. The van der Waals surface area contributed by atoms with E-state index in [1.807, 2.05) is 45.0 Å². The molecule has 3 aromatic heterocycles. The van der Waals surface area contributed by atoms with Crippen molar-refractivity contribution >= 4 is 34.7 Å². The van der Waals surface area contributed by atoms with Gasteiger partial charge >= 0.3 is 12.3 Å². The summed E-state index contributed by atoms with van der Waals surface area (Å²) in [5.74, 6) is 0.991. The summed E-state index contributed by atoms with van der Waals surface area (Å²) in [6.07, 6.45) is -0.859. The molecule has 6 rings (SSSR count). The highest BCUT2D eigenvalue weighted by Gasteiger charge is 2.31. The van der Waals surface area contributed by atoms with Gasteiger partial charge in [0.05, 0.1) is 19.2 Å². The van der Waals surface area contributed by atoms with Crippen LogP contribution in [0.4, 0.5) is 29.6 Å². The monoisotopic (exact) mass is 717 g/mol.